The van der Waals surface area contributed by atoms with E-state index in [1.807, 2.05) is 0 Å². The zero-order valence-corrected chi connectivity index (χ0v) is 28.8. The molecule has 0 aliphatic carbocycles. The first-order valence-corrected chi connectivity index (χ1v) is 12.0. The Morgan fingerprint density at radius 3 is 2.24 bits per heavy atom. The Balaban J connectivity index is 0. The largest absolute Gasteiger partial charge is 1.00 e. The molecule has 0 spiro atoms. The van der Waals surface area contributed by atoms with Gasteiger partial charge in [-0.1, -0.05) is 0 Å². The van der Waals surface area contributed by atoms with Gasteiger partial charge in [0.25, 0.3) is 15.6 Å². The fraction of sp³-hybridized carbons (Fsp3) is 0.500. The second kappa shape index (κ2) is 15.3. The van der Waals surface area contributed by atoms with Crippen LogP contribution in [0.5, 0.6) is 0 Å². The first-order chi connectivity index (χ1) is 13.4. The number of phosphoric ester groups is 1. The molecule has 2 aromatic rings. The fourth-order valence-corrected chi connectivity index (χ4v) is 5.44. The number of aromatic nitrogens is 4. The molecule has 1 saturated heterocycles. The summed E-state index contributed by atoms with van der Waals surface area (Å²) >= 11 is 0. The van der Waals surface area contributed by atoms with Crippen molar-refractivity contribution >= 4 is 40.4 Å². The van der Waals surface area contributed by atoms with Gasteiger partial charge < -0.3 is 39.1 Å². The van der Waals surface area contributed by atoms with Crippen molar-refractivity contribution in [2.45, 2.75) is 25.2 Å². The van der Waals surface area contributed by atoms with E-state index >= 15 is 0 Å². The minimum atomic E-state index is -6.04. The fourth-order valence-electron chi connectivity index (χ4n) is 2.55. The van der Waals surface area contributed by atoms with E-state index in [4.69, 9.17) is 10.5 Å². The van der Waals surface area contributed by atoms with Gasteiger partial charge in [0.2, 0.25) is 0 Å². The average Bonchev–Trinajstić information content (AvgIpc) is 3.16. The Bertz CT molecular complexity index is 1060. The number of phosphoric acid groups is 3. The summed E-state index contributed by atoms with van der Waals surface area (Å²) in [6.45, 7) is -0.645. The molecule has 1 aliphatic heterocycles. The first kappa shape index (κ1) is 37.9. The van der Waals surface area contributed by atoms with Crippen LogP contribution in [0.1, 0.15) is 19.1 Å². The molecule has 0 radical (unpaired) electrons. The summed E-state index contributed by atoms with van der Waals surface area (Å²) in [4.78, 5) is 55.2. The summed E-state index contributed by atoms with van der Waals surface area (Å²) in [6.07, 6.45) is 2.00. The van der Waals surface area contributed by atoms with Crippen LogP contribution in [0.4, 0.5) is 5.82 Å². The Hall–Kier alpha value is 2.72. The number of anilines is 1. The van der Waals surface area contributed by atoms with E-state index in [1.165, 1.54) is 12.7 Å². The average molecular weight is 563 g/mol. The summed E-state index contributed by atoms with van der Waals surface area (Å²) in [6, 6.07) is 0. The predicted octanol–water partition coefficient (Wildman–Crippen LogP) is -14.1. The predicted molar refractivity (Wildman–Crippen MR) is 83.8 cm³/mol. The number of hydrogen-bond acceptors (Lipinski definition) is 15. The quantitative estimate of drug-likeness (QED) is 0.231. The monoisotopic (exact) mass is 563 g/mol. The van der Waals surface area contributed by atoms with Crippen LogP contribution in [0.15, 0.2) is 12.7 Å². The van der Waals surface area contributed by atoms with E-state index in [9.17, 15) is 33.3 Å². The van der Waals surface area contributed by atoms with Crippen LogP contribution in [-0.4, -0.2) is 32.2 Å². The molecule has 3 heterocycles. The summed E-state index contributed by atoms with van der Waals surface area (Å²) in [5.74, 6) is 0.168. The van der Waals surface area contributed by atoms with Crippen molar-refractivity contribution in [1.29, 1.82) is 0 Å². The topological polar surface area (TPSA) is 250 Å². The van der Waals surface area contributed by atoms with Gasteiger partial charge in [-0.2, -0.15) is 0 Å². The zero-order valence-electron chi connectivity index (χ0n) is 18.1. The van der Waals surface area contributed by atoms with E-state index in [0.29, 0.717) is 24.0 Å². The minimum Gasteiger partial charge on any atom is -0.790 e. The smallest absolute Gasteiger partial charge is 0.790 e. The summed E-state index contributed by atoms with van der Waals surface area (Å²) in [5, 5.41) is 0. The van der Waals surface area contributed by atoms with Crippen LogP contribution >= 0.6 is 23.5 Å². The second-order valence-electron chi connectivity index (χ2n) is 5.67. The van der Waals surface area contributed by atoms with Gasteiger partial charge >= 0.3 is 118 Å². The molecule has 1 aliphatic rings. The van der Waals surface area contributed by atoms with Gasteiger partial charge in [-0.25, -0.2) is 19.3 Å². The molecule has 0 aromatic carbocycles. The van der Waals surface area contributed by atoms with E-state index < -0.39 is 42.4 Å². The molecule has 0 saturated carbocycles. The second-order valence-corrected chi connectivity index (χ2v) is 9.92. The molecule has 16 nitrogen and oxygen atoms in total. The van der Waals surface area contributed by atoms with Crippen molar-refractivity contribution in [2.24, 2.45) is 0 Å². The van der Waals surface area contributed by atoms with Crippen LogP contribution in [0, 0.1) is 0 Å². The Kier molecular flexibility index (Phi) is 17.6. The third-order valence-electron chi connectivity index (χ3n) is 3.60. The van der Waals surface area contributed by atoms with Crippen molar-refractivity contribution in [3.8, 4) is 0 Å². The number of nitrogens with two attached hydrogens (primary N) is 1. The molecule has 2 N–H and O–H groups in total. The molecular formula is C10H12N5Na4O11P3. The van der Waals surface area contributed by atoms with Gasteiger partial charge in [0.1, 0.15) is 18.1 Å². The molecule has 2 unspecified atom stereocenters. The first-order valence-electron chi connectivity index (χ1n) is 7.65. The van der Waals surface area contributed by atoms with E-state index in [0.717, 1.165) is 0 Å². The van der Waals surface area contributed by atoms with Crippen LogP contribution in [-0.2, 0) is 31.6 Å². The third kappa shape index (κ3) is 11.6. The number of nitrogens with zero attached hydrogens (tertiary/aromatic N) is 4. The number of hydrogen-bond donors (Lipinski definition) is 1. The van der Waals surface area contributed by atoms with Crippen LogP contribution < -0.4 is 144 Å². The zero-order chi connectivity index (χ0) is 21.4. The molecule has 0 amide bonds. The molecule has 2 aromatic heterocycles. The van der Waals surface area contributed by atoms with Gasteiger partial charge in [-0.3, -0.25) is 18.0 Å². The number of rotatable bonds is 8. The minimum absolute atomic E-state index is 0. The SMILES string of the molecule is Nc1ncnc2c1ncn2[C@H]1CC[C@@H](COP(=O)([O-])OP(=O)([O-])OP(=O)([O-])[O-])O1.[Na+].[Na+].[Na+].[Na+]. The summed E-state index contributed by atoms with van der Waals surface area (Å²) in [7, 11) is -17.6. The molecule has 1 fully saturated rings. The van der Waals surface area contributed by atoms with E-state index in [1.54, 1.807) is 4.57 Å². The Morgan fingerprint density at radius 2 is 1.64 bits per heavy atom. The molecule has 4 atom stereocenters. The van der Waals surface area contributed by atoms with Gasteiger partial charge in [0.15, 0.2) is 11.5 Å². The molecule has 0 bridgehead atoms. The Morgan fingerprint density at radius 1 is 1.00 bits per heavy atom. The normalized spacial score (nSPS) is 21.5. The maximum absolute atomic E-state index is 11.5. The number of imidazole rings is 1. The van der Waals surface area contributed by atoms with Gasteiger partial charge in [-0.15, -0.1) is 0 Å². The maximum Gasteiger partial charge on any atom is 1.00 e. The standard InChI is InChI=1S/C10H16N5O11P3.4Na/c11-9-8-10(13-4-12-9)15(5-14-8)7-2-1-6(24-7)3-23-28(19,20)26-29(21,22)25-27(16,17)18;;;;/h4-7H,1-3H2,(H,19,20)(H,21,22)(H2,11,12,13)(H2,16,17,18);;;;/q;4*+1/p-4/t6-,7+;;;;/m0..../s1. The number of nitrogen functional groups attached to an aromatic ring is 1. The molecular weight excluding hydrogens is 551 g/mol. The maximum atomic E-state index is 11.5. The number of fused-ring (bicyclic) bond motifs is 1. The van der Waals surface area contributed by atoms with Crippen LogP contribution in [0.2, 0.25) is 0 Å². The molecule has 3 rings (SSSR count). The molecule has 23 heteroatoms. The molecule has 33 heavy (non-hydrogen) atoms. The van der Waals surface area contributed by atoms with E-state index in [2.05, 4.69) is 28.1 Å². The van der Waals surface area contributed by atoms with Crippen molar-refractivity contribution in [3.05, 3.63) is 12.7 Å². The van der Waals surface area contributed by atoms with Crippen molar-refractivity contribution in [3.63, 3.8) is 0 Å². The van der Waals surface area contributed by atoms with Gasteiger partial charge in [0, 0.05) is 0 Å². The van der Waals surface area contributed by atoms with Gasteiger partial charge in [-0.05, 0) is 12.8 Å². The summed E-state index contributed by atoms with van der Waals surface area (Å²) < 4.78 is 51.1. The van der Waals surface area contributed by atoms with E-state index in [-0.39, 0.29) is 124 Å². The summed E-state index contributed by atoms with van der Waals surface area (Å²) in [5.41, 5.74) is 6.45. The van der Waals surface area contributed by atoms with Crippen LogP contribution in [0.25, 0.3) is 11.2 Å². The Labute approximate surface area is 275 Å². The molecule has 162 valence electrons. The van der Waals surface area contributed by atoms with Crippen LogP contribution in [0.3, 0.4) is 0 Å². The van der Waals surface area contributed by atoms with Crippen molar-refractivity contribution < 1.29 is 169 Å². The van der Waals surface area contributed by atoms with Gasteiger partial charge in [0.05, 0.1) is 26.9 Å². The van der Waals surface area contributed by atoms with Crippen molar-refractivity contribution in [2.75, 3.05) is 12.3 Å². The van der Waals surface area contributed by atoms with Crippen molar-refractivity contribution in [1.82, 2.24) is 19.5 Å². The number of ether oxygens (including phenoxy) is 1. The third-order valence-corrected chi connectivity index (χ3v) is 7.27.